The lowest BCUT2D eigenvalue weighted by molar-refractivity contribution is -0.140. The van der Waals surface area contributed by atoms with Crippen molar-refractivity contribution in [2.75, 3.05) is 12.8 Å². The monoisotopic (exact) mass is 481 g/mol. The molecule has 0 fully saturated rings. The number of nitrogens with one attached hydrogen (secondary N) is 2. The number of terminal acetylenes is 1. The predicted octanol–water partition coefficient (Wildman–Crippen LogP) is 3.31. The van der Waals surface area contributed by atoms with E-state index in [1.54, 1.807) is 45.0 Å². The molecule has 3 amide bonds. The molecular formula is C26H31N3O4S. The van der Waals surface area contributed by atoms with Crippen LogP contribution < -0.4 is 10.6 Å². The number of benzene rings is 2. The third-order valence-electron chi connectivity index (χ3n) is 4.88. The Morgan fingerprint density at radius 3 is 2.29 bits per heavy atom. The number of alkyl carbamates (subject to hydrolysis) is 1. The maximum Gasteiger partial charge on any atom is 0.408 e. The smallest absolute Gasteiger partial charge is 0.408 e. The Kier molecular flexibility index (Phi) is 9.58. The SMILES string of the molecule is C#Cc1ccccc1C(C(=O)NCc1ccccc1)N(C)C(=O)C(CS)NC(=O)OC(C)(C)C. The van der Waals surface area contributed by atoms with Gasteiger partial charge >= 0.3 is 6.09 Å². The molecule has 8 heteroatoms. The van der Waals surface area contributed by atoms with Crippen molar-refractivity contribution in [3.8, 4) is 12.3 Å². The molecule has 2 unspecified atom stereocenters. The number of thiol groups is 1. The zero-order chi connectivity index (χ0) is 25.3. The molecule has 34 heavy (non-hydrogen) atoms. The zero-order valence-electron chi connectivity index (χ0n) is 19.9. The van der Waals surface area contributed by atoms with Gasteiger partial charge < -0.3 is 20.3 Å². The van der Waals surface area contributed by atoms with Crippen LogP contribution in [0.1, 0.15) is 43.5 Å². The molecule has 0 heterocycles. The van der Waals surface area contributed by atoms with Gasteiger partial charge in [-0.25, -0.2) is 4.79 Å². The van der Waals surface area contributed by atoms with Crippen molar-refractivity contribution in [2.24, 2.45) is 0 Å². The summed E-state index contributed by atoms with van der Waals surface area (Å²) >= 11 is 4.22. The van der Waals surface area contributed by atoms with E-state index < -0.39 is 35.6 Å². The molecule has 2 rings (SSSR count). The fraction of sp³-hybridized carbons (Fsp3) is 0.346. The van der Waals surface area contributed by atoms with Crippen LogP contribution in [0.15, 0.2) is 54.6 Å². The van der Waals surface area contributed by atoms with Crippen LogP contribution in [0.4, 0.5) is 4.79 Å². The highest BCUT2D eigenvalue weighted by Gasteiger charge is 2.34. The summed E-state index contributed by atoms with van der Waals surface area (Å²) < 4.78 is 5.26. The molecule has 0 aliphatic carbocycles. The number of hydrogen-bond donors (Lipinski definition) is 3. The first-order chi connectivity index (χ1) is 16.1. The summed E-state index contributed by atoms with van der Waals surface area (Å²) in [5.74, 6) is 1.68. The van der Waals surface area contributed by atoms with Crippen molar-refractivity contribution in [2.45, 2.75) is 45.0 Å². The van der Waals surface area contributed by atoms with E-state index in [1.165, 1.54) is 11.9 Å². The lowest BCUT2D eigenvalue weighted by Gasteiger charge is -2.31. The van der Waals surface area contributed by atoms with Gasteiger partial charge in [0, 0.05) is 24.9 Å². The summed E-state index contributed by atoms with van der Waals surface area (Å²) in [7, 11) is 1.50. The lowest BCUT2D eigenvalue weighted by Crippen LogP contribution is -2.52. The highest BCUT2D eigenvalue weighted by atomic mass is 32.1. The predicted molar refractivity (Wildman–Crippen MR) is 135 cm³/mol. The highest BCUT2D eigenvalue weighted by molar-refractivity contribution is 7.80. The molecule has 0 aliphatic heterocycles. The Hall–Kier alpha value is -3.44. The Morgan fingerprint density at radius 2 is 1.71 bits per heavy atom. The average molecular weight is 482 g/mol. The molecule has 0 aromatic heterocycles. The number of carbonyl (C=O) groups excluding carboxylic acids is 3. The van der Waals surface area contributed by atoms with Crippen molar-refractivity contribution < 1.29 is 19.1 Å². The standard InChI is InChI=1S/C26H31N3O4S/c1-6-19-14-10-11-15-20(19)22(23(30)27-16-18-12-8-7-9-13-18)29(5)24(31)21(17-34)28-25(32)33-26(2,3)4/h1,7-15,21-22,34H,16-17H2,2-5H3,(H,27,30)(H,28,32). The summed E-state index contributed by atoms with van der Waals surface area (Å²) in [6.07, 6.45) is 4.92. The summed E-state index contributed by atoms with van der Waals surface area (Å²) in [5.41, 5.74) is 1.17. The number of likely N-dealkylation sites (N-methyl/N-ethyl adjacent to an activating group) is 1. The lowest BCUT2D eigenvalue weighted by atomic mass is 9.98. The quantitative estimate of drug-likeness (QED) is 0.399. The van der Waals surface area contributed by atoms with Crippen molar-refractivity contribution in [1.29, 1.82) is 0 Å². The minimum absolute atomic E-state index is 0.0115. The number of nitrogens with zero attached hydrogens (tertiary/aromatic N) is 1. The Labute approximate surface area is 206 Å². The molecule has 7 nitrogen and oxygen atoms in total. The Balaban J connectivity index is 2.31. The van der Waals surface area contributed by atoms with Gasteiger partial charge in [-0.05, 0) is 38.0 Å². The molecule has 0 radical (unpaired) electrons. The van der Waals surface area contributed by atoms with Crippen molar-refractivity contribution in [3.63, 3.8) is 0 Å². The van der Waals surface area contributed by atoms with E-state index in [4.69, 9.17) is 11.2 Å². The summed E-state index contributed by atoms with van der Waals surface area (Å²) in [6.45, 7) is 5.45. The second-order valence-electron chi connectivity index (χ2n) is 8.67. The molecule has 0 saturated carbocycles. The van der Waals surface area contributed by atoms with Gasteiger partial charge in [-0.2, -0.15) is 12.6 Å². The molecule has 2 aromatic carbocycles. The molecule has 2 aromatic rings. The van der Waals surface area contributed by atoms with Gasteiger partial charge in [-0.3, -0.25) is 9.59 Å². The van der Waals surface area contributed by atoms with E-state index in [1.807, 2.05) is 30.3 Å². The molecule has 2 N–H and O–H groups in total. The largest absolute Gasteiger partial charge is 0.444 e. The molecule has 0 saturated heterocycles. The van der Waals surface area contributed by atoms with Crippen LogP contribution in [0.2, 0.25) is 0 Å². The van der Waals surface area contributed by atoms with Crippen molar-refractivity contribution in [3.05, 3.63) is 71.3 Å². The number of ether oxygens (including phenoxy) is 1. The fourth-order valence-electron chi connectivity index (χ4n) is 3.28. The fourth-order valence-corrected chi connectivity index (χ4v) is 3.53. The van der Waals surface area contributed by atoms with Gasteiger partial charge in [0.05, 0.1) is 0 Å². The molecule has 180 valence electrons. The topological polar surface area (TPSA) is 87.7 Å². The summed E-state index contributed by atoms with van der Waals surface area (Å²) in [5, 5.41) is 5.42. The van der Waals surface area contributed by atoms with Crippen LogP contribution in [-0.2, 0) is 20.9 Å². The summed E-state index contributed by atoms with van der Waals surface area (Å²) in [6, 6.07) is 14.3. The number of rotatable bonds is 8. The molecule has 0 aliphatic rings. The number of hydrogen-bond acceptors (Lipinski definition) is 5. The van der Waals surface area contributed by atoms with E-state index in [0.717, 1.165) is 5.56 Å². The number of carbonyl (C=O) groups is 3. The van der Waals surface area contributed by atoms with E-state index in [-0.39, 0.29) is 12.3 Å². The maximum absolute atomic E-state index is 13.3. The number of amides is 3. The minimum Gasteiger partial charge on any atom is -0.444 e. The van der Waals surface area contributed by atoms with E-state index in [2.05, 4.69) is 29.2 Å². The molecule has 0 bridgehead atoms. The minimum atomic E-state index is -1.02. The van der Waals surface area contributed by atoms with Gasteiger partial charge in [-0.15, -0.1) is 6.42 Å². The van der Waals surface area contributed by atoms with Gasteiger partial charge in [0.2, 0.25) is 11.8 Å². The van der Waals surface area contributed by atoms with E-state index in [0.29, 0.717) is 11.1 Å². The van der Waals surface area contributed by atoms with Crippen LogP contribution in [0.3, 0.4) is 0 Å². The normalized spacial score (nSPS) is 12.6. The van der Waals surface area contributed by atoms with E-state index >= 15 is 0 Å². The van der Waals surface area contributed by atoms with Crippen LogP contribution >= 0.6 is 12.6 Å². The maximum atomic E-state index is 13.3. The van der Waals surface area contributed by atoms with E-state index in [9.17, 15) is 14.4 Å². The van der Waals surface area contributed by atoms with Crippen molar-refractivity contribution >= 4 is 30.5 Å². The second-order valence-corrected chi connectivity index (χ2v) is 9.03. The average Bonchev–Trinajstić information content (AvgIpc) is 2.80. The van der Waals surface area contributed by atoms with Crippen LogP contribution in [0, 0.1) is 12.3 Å². The Bertz CT molecular complexity index is 1040. The third kappa shape index (κ3) is 7.56. The molecule has 0 spiro atoms. The van der Waals surface area contributed by atoms with Crippen molar-refractivity contribution in [1.82, 2.24) is 15.5 Å². The zero-order valence-corrected chi connectivity index (χ0v) is 20.8. The first kappa shape index (κ1) is 26.8. The second kappa shape index (κ2) is 12.1. The first-order valence-corrected chi connectivity index (χ1v) is 11.4. The van der Waals surface area contributed by atoms with Gasteiger partial charge in [0.15, 0.2) is 0 Å². The van der Waals surface area contributed by atoms with Crippen LogP contribution in [0.25, 0.3) is 0 Å². The molecular weight excluding hydrogens is 450 g/mol. The van der Waals surface area contributed by atoms with Crippen LogP contribution in [0.5, 0.6) is 0 Å². The summed E-state index contributed by atoms with van der Waals surface area (Å²) in [4.78, 5) is 40.2. The molecule has 2 atom stereocenters. The first-order valence-electron chi connectivity index (χ1n) is 10.8. The van der Waals surface area contributed by atoms with Gasteiger partial charge in [0.1, 0.15) is 17.7 Å². The van der Waals surface area contributed by atoms with Gasteiger partial charge in [0.25, 0.3) is 0 Å². The Morgan fingerprint density at radius 1 is 1.09 bits per heavy atom. The van der Waals surface area contributed by atoms with Crippen LogP contribution in [-0.4, -0.2) is 47.3 Å². The third-order valence-corrected chi connectivity index (χ3v) is 5.24. The van der Waals surface area contributed by atoms with Gasteiger partial charge in [-0.1, -0.05) is 54.5 Å². The highest BCUT2D eigenvalue weighted by Crippen LogP contribution is 2.24.